The van der Waals surface area contributed by atoms with Crippen LogP contribution in [-0.4, -0.2) is 132 Å². The van der Waals surface area contributed by atoms with Gasteiger partial charge in [-0.25, -0.2) is 9.59 Å². The van der Waals surface area contributed by atoms with E-state index in [1.807, 2.05) is 26.8 Å². The average Bonchev–Trinajstić information content (AvgIpc) is 3.13. The summed E-state index contributed by atoms with van der Waals surface area (Å²) in [7, 11) is 0. The molecule has 17 heteroatoms. The van der Waals surface area contributed by atoms with Crippen LogP contribution >= 0.6 is 0 Å². The number of aliphatic hydroxyl groups excluding tert-OH is 5. The second kappa shape index (κ2) is 15.6. The summed E-state index contributed by atoms with van der Waals surface area (Å²) in [6, 6.07) is 0. The summed E-state index contributed by atoms with van der Waals surface area (Å²) in [6.07, 6.45) is -12.2. The number of aliphatic carboxylic acids is 3. The first-order valence-corrected chi connectivity index (χ1v) is 20.7. The molecule has 2 aliphatic heterocycles. The third kappa shape index (κ3) is 7.02. The van der Waals surface area contributed by atoms with Crippen LogP contribution in [0.15, 0.2) is 11.6 Å². The Labute approximate surface area is 366 Å². The molecule has 7 rings (SSSR count). The van der Waals surface area contributed by atoms with Gasteiger partial charge in [-0.2, -0.15) is 0 Å². The van der Waals surface area contributed by atoms with Crippen molar-refractivity contribution in [2.24, 2.45) is 50.2 Å². The molecule has 4 saturated carbocycles. The molecule has 2 heterocycles. The SMILES string of the molecule is CC1(C)[C@@H](O[C@H]2O[C@H](C(=O)O)[C@@H](O)[C@H](O)[C@H]2O[C@@H]2O[C@H](C(=O)O)[C@@H](O)[C@H](O)[C@H]2O)CC[C@]2(C)[C@H]3C(=O)C=C4[C@@H]5C[C@@](C)(C(=O)O)CC[C@]5(C)CC[C@@]4(C)[C@]3(C)CC[C@@H]12.[Na+]. The largest absolute Gasteiger partial charge is 1.00 e. The molecule has 2 saturated heterocycles. The fourth-order valence-electron chi connectivity index (χ4n) is 13.4. The van der Waals surface area contributed by atoms with Crippen LogP contribution in [0.5, 0.6) is 0 Å². The van der Waals surface area contributed by atoms with Crippen molar-refractivity contribution in [1.29, 1.82) is 0 Å². The molecule has 0 radical (unpaired) electrons. The van der Waals surface area contributed by atoms with Gasteiger partial charge in [-0.1, -0.05) is 47.1 Å². The molecule has 0 aromatic rings. The number of ketones is 1. The van der Waals surface area contributed by atoms with Crippen LogP contribution in [-0.2, 0) is 38.1 Å². The number of carboxylic acids is 3. The summed E-state index contributed by atoms with van der Waals surface area (Å²) in [5.74, 6) is -4.47. The smallest absolute Gasteiger partial charge is 0.481 e. The van der Waals surface area contributed by atoms with Gasteiger partial charge in [0.15, 0.2) is 30.6 Å². The number of ether oxygens (including phenoxy) is 4. The molecular weight excluding hydrogens is 783 g/mol. The first-order valence-electron chi connectivity index (χ1n) is 20.7. The molecule has 19 atom stereocenters. The maximum Gasteiger partial charge on any atom is 1.00 e. The zero-order chi connectivity index (χ0) is 42.9. The van der Waals surface area contributed by atoms with Crippen LogP contribution in [0.4, 0.5) is 0 Å². The maximum absolute atomic E-state index is 14.8. The zero-order valence-electron chi connectivity index (χ0n) is 35.4. The fraction of sp³-hybridized carbons (Fsp3) is 0.857. The van der Waals surface area contributed by atoms with Gasteiger partial charge in [0.25, 0.3) is 0 Å². The Kier molecular flexibility index (Phi) is 12.4. The second-order valence-corrected chi connectivity index (χ2v) is 20.6. The number of aliphatic hydroxyl groups is 5. The number of hydrogen-bond donors (Lipinski definition) is 8. The van der Waals surface area contributed by atoms with E-state index < -0.39 is 107 Å². The molecule has 0 bridgehead atoms. The third-order valence-corrected chi connectivity index (χ3v) is 17.2. The van der Waals surface area contributed by atoms with E-state index in [4.69, 9.17) is 18.9 Å². The Hall–Kier alpha value is -1.54. The molecule has 0 unspecified atom stereocenters. The van der Waals surface area contributed by atoms with Crippen LogP contribution in [0.2, 0.25) is 0 Å². The normalized spacial score (nSPS) is 51.7. The van der Waals surface area contributed by atoms with Crippen LogP contribution in [0.25, 0.3) is 0 Å². The van der Waals surface area contributed by atoms with E-state index in [1.54, 1.807) is 0 Å². The van der Waals surface area contributed by atoms with Gasteiger partial charge in [-0.3, -0.25) is 9.59 Å². The van der Waals surface area contributed by atoms with E-state index in [0.717, 1.165) is 37.7 Å². The first kappa shape index (κ1) is 47.0. The minimum Gasteiger partial charge on any atom is -0.481 e. The van der Waals surface area contributed by atoms with E-state index >= 15 is 0 Å². The molecule has 0 amide bonds. The quantitative estimate of drug-likeness (QED) is 0.116. The third-order valence-electron chi connectivity index (χ3n) is 17.2. The number of carboxylic acid groups (broad SMARTS) is 3. The minimum absolute atomic E-state index is 0. The number of carbonyl (C=O) groups is 4. The summed E-state index contributed by atoms with van der Waals surface area (Å²) in [4.78, 5) is 51.3. The van der Waals surface area contributed by atoms with Gasteiger partial charge in [0.2, 0.25) is 0 Å². The molecule has 5 aliphatic carbocycles. The van der Waals surface area contributed by atoms with Crippen molar-refractivity contribution in [2.75, 3.05) is 0 Å². The molecule has 7 aliphatic rings. The predicted octanol–water partition coefficient (Wildman–Crippen LogP) is -0.750. The standard InChI is InChI=1S/C42H62O16.Na/c1-37(2)21-8-11-42(7)31(20(43)16-18-19-17-39(4,36(53)54)13-12-38(19,3)14-15-41(18,42)6)40(21,5)10-9-22(37)55-35-30(26(47)25(46)29(57-35)33(51)52)58-34-27(48)23(44)24(45)28(56-34)32(49)50;/h16,19,21-31,34-35,44-48H,8-15,17H2,1-7H3,(H,49,50)(H,51,52)(H,53,54);/q;+1/t19-,21-,22-,23-,24-,25-,26-,27+,28-,29-,30+,31+,34-,35-,38+,39-,40-,41+,42+;/m0./s1. The topological polar surface area (TPSA) is 267 Å². The molecule has 326 valence electrons. The predicted molar refractivity (Wildman–Crippen MR) is 199 cm³/mol. The number of hydrogen-bond acceptors (Lipinski definition) is 13. The number of allylic oxidation sites excluding steroid dienone is 2. The van der Waals surface area contributed by atoms with Crippen molar-refractivity contribution in [3.05, 3.63) is 11.6 Å². The fourth-order valence-corrected chi connectivity index (χ4v) is 13.4. The monoisotopic (exact) mass is 845 g/mol. The van der Waals surface area contributed by atoms with Crippen LogP contribution in [0.1, 0.15) is 106 Å². The molecule has 8 N–H and O–H groups in total. The van der Waals surface area contributed by atoms with Crippen LogP contribution in [0, 0.1) is 50.2 Å². The number of carbonyl (C=O) groups excluding carboxylic acids is 1. The summed E-state index contributed by atoms with van der Waals surface area (Å²) in [5.41, 5.74) is -1.81. The summed E-state index contributed by atoms with van der Waals surface area (Å²) in [6.45, 7) is 14.8. The second-order valence-electron chi connectivity index (χ2n) is 20.6. The van der Waals surface area contributed by atoms with Crippen molar-refractivity contribution < 1.29 is 109 Å². The summed E-state index contributed by atoms with van der Waals surface area (Å²) in [5, 5.41) is 83.0. The Balaban J connectivity index is 0.00000585. The van der Waals surface area contributed by atoms with E-state index in [0.29, 0.717) is 25.7 Å². The zero-order valence-corrected chi connectivity index (χ0v) is 37.4. The van der Waals surface area contributed by atoms with Gasteiger partial charge >= 0.3 is 47.5 Å². The summed E-state index contributed by atoms with van der Waals surface area (Å²) >= 11 is 0. The van der Waals surface area contributed by atoms with Crippen molar-refractivity contribution in [3.63, 3.8) is 0 Å². The van der Waals surface area contributed by atoms with Gasteiger partial charge in [0.1, 0.15) is 36.6 Å². The molecule has 0 spiro atoms. The van der Waals surface area contributed by atoms with Crippen LogP contribution in [0.3, 0.4) is 0 Å². The van der Waals surface area contributed by atoms with Crippen LogP contribution < -0.4 is 29.6 Å². The molecular formula is C42H62NaO16+. The molecule has 16 nitrogen and oxygen atoms in total. The molecule has 0 aromatic heterocycles. The number of fused-ring (bicyclic) bond motifs is 7. The Morgan fingerprint density at radius 2 is 1.27 bits per heavy atom. The van der Waals surface area contributed by atoms with E-state index in [-0.39, 0.29) is 63.9 Å². The average molecular weight is 846 g/mol. The summed E-state index contributed by atoms with van der Waals surface area (Å²) < 4.78 is 23.4. The molecule has 0 aromatic carbocycles. The van der Waals surface area contributed by atoms with Crippen molar-refractivity contribution in [2.45, 2.75) is 174 Å². The maximum atomic E-state index is 14.8. The van der Waals surface area contributed by atoms with Gasteiger partial charge in [-0.05, 0) is 110 Å². The van der Waals surface area contributed by atoms with Gasteiger partial charge in [0.05, 0.1) is 11.5 Å². The van der Waals surface area contributed by atoms with Crippen molar-refractivity contribution in [3.8, 4) is 0 Å². The molecule has 59 heavy (non-hydrogen) atoms. The van der Waals surface area contributed by atoms with Gasteiger partial charge < -0.3 is 59.8 Å². The van der Waals surface area contributed by atoms with E-state index in [9.17, 15) is 60.0 Å². The minimum atomic E-state index is -2.05. The Morgan fingerprint density at radius 3 is 1.86 bits per heavy atom. The first-order chi connectivity index (χ1) is 26.8. The molecule has 6 fully saturated rings. The van der Waals surface area contributed by atoms with Gasteiger partial charge in [-0.15, -0.1) is 0 Å². The number of rotatable bonds is 7. The van der Waals surface area contributed by atoms with E-state index in [1.165, 1.54) is 0 Å². The van der Waals surface area contributed by atoms with E-state index in [2.05, 4.69) is 27.7 Å². The Bertz CT molecular complexity index is 1740. The Morgan fingerprint density at radius 1 is 0.695 bits per heavy atom. The van der Waals surface area contributed by atoms with Gasteiger partial charge in [0, 0.05) is 5.92 Å². The van der Waals surface area contributed by atoms with Crippen molar-refractivity contribution in [1.82, 2.24) is 0 Å². The van der Waals surface area contributed by atoms with Crippen molar-refractivity contribution >= 4 is 23.7 Å².